The van der Waals surface area contributed by atoms with Crippen LogP contribution in [0.25, 0.3) is 0 Å². The van der Waals surface area contributed by atoms with Gasteiger partial charge in [0.25, 0.3) is 0 Å². The molecule has 0 unspecified atom stereocenters. The molecule has 0 saturated carbocycles. The maximum absolute atomic E-state index is 12.7. The molecule has 0 bridgehead atoms. The summed E-state index contributed by atoms with van der Waals surface area (Å²) >= 11 is 0. The van der Waals surface area contributed by atoms with Crippen molar-refractivity contribution in [1.82, 2.24) is 4.98 Å². The molecule has 2 aromatic carbocycles. The molecule has 0 aliphatic rings. The lowest BCUT2D eigenvalue weighted by atomic mass is 10.0. The van der Waals surface area contributed by atoms with Gasteiger partial charge in [0.15, 0.2) is 6.61 Å². The maximum atomic E-state index is 12.7. The number of carboxylic acids is 1. The fourth-order valence-corrected chi connectivity index (χ4v) is 2.72. The minimum absolute atomic E-state index is 0.00862. The van der Waals surface area contributed by atoms with Gasteiger partial charge >= 0.3 is 12.1 Å². The lowest BCUT2D eigenvalue weighted by Crippen LogP contribution is -2.10. The highest BCUT2D eigenvalue weighted by molar-refractivity contribution is 6.01. The van der Waals surface area contributed by atoms with Crippen molar-refractivity contribution in [3.63, 3.8) is 0 Å². The Balaban J connectivity index is 1.69. The van der Waals surface area contributed by atoms with Gasteiger partial charge in [-0.1, -0.05) is 53.7 Å². The number of aliphatic carboxylic acids is 1. The topological polar surface area (TPSA) is 81.0 Å². The fourth-order valence-electron chi connectivity index (χ4n) is 2.72. The number of carbonyl (C=O) groups is 1. The van der Waals surface area contributed by atoms with Crippen molar-refractivity contribution in [1.29, 1.82) is 0 Å². The molecule has 0 fully saturated rings. The van der Waals surface area contributed by atoms with Crippen molar-refractivity contribution in [3.05, 3.63) is 95.2 Å². The van der Waals surface area contributed by atoms with E-state index in [2.05, 4.69) is 10.1 Å². The Kier molecular flexibility index (Phi) is 7.43. The molecule has 1 N–H and O–H groups in total. The first-order valence-corrected chi connectivity index (χ1v) is 9.51. The summed E-state index contributed by atoms with van der Waals surface area (Å²) in [6.07, 6.45) is -2.48. The summed E-state index contributed by atoms with van der Waals surface area (Å²) in [7, 11) is 0. The molecule has 32 heavy (non-hydrogen) atoms. The Morgan fingerprint density at radius 1 is 0.969 bits per heavy atom. The van der Waals surface area contributed by atoms with Crippen LogP contribution in [0.2, 0.25) is 0 Å². The predicted molar refractivity (Wildman–Crippen MR) is 110 cm³/mol. The third kappa shape index (κ3) is 6.83. The summed E-state index contributed by atoms with van der Waals surface area (Å²) in [5.41, 5.74) is 2.02. The zero-order chi connectivity index (χ0) is 23.0. The van der Waals surface area contributed by atoms with E-state index in [0.717, 1.165) is 23.3 Å². The Bertz CT molecular complexity index is 1050. The van der Waals surface area contributed by atoms with Crippen molar-refractivity contribution >= 4 is 11.7 Å². The molecule has 0 atom stereocenters. The van der Waals surface area contributed by atoms with Gasteiger partial charge in [0.1, 0.15) is 6.61 Å². The summed E-state index contributed by atoms with van der Waals surface area (Å²) in [6.45, 7) is -0.477. The molecule has 3 rings (SSSR count). The maximum Gasteiger partial charge on any atom is 0.416 e. The zero-order valence-corrected chi connectivity index (χ0v) is 16.7. The Labute approximate surface area is 181 Å². The number of rotatable bonds is 9. The second kappa shape index (κ2) is 10.4. The van der Waals surface area contributed by atoms with E-state index in [1.807, 2.05) is 30.3 Å². The van der Waals surface area contributed by atoms with Gasteiger partial charge in [-0.05, 0) is 28.8 Å². The molecule has 1 heterocycles. The highest BCUT2D eigenvalue weighted by Gasteiger charge is 2.29. The van der Waals surface area contributed by atoms with Gasteiger partial charge < -0.3 is 14.7 Å². The number of ether oxygens (including phenoxy) is 1. The van der Waals surface area contributed by atoms with Gasteiger partial charge in [-0.2, -0.15) is 13.2 Å². The van der Waals surface area contributed by atoms with Crippen LogP contribution in [0.4, 0.5) is 13.2 Å². The largest absolute Gasteiger partial charge is 0.479 e. The lowest BCUT2D eigenvalue weighted by molar-refractivity contribution is -0.139. The van der Waals surface area contributed by atoms with Crippen molar-refractivity contribution in [3.8, 4) is 5.88 Å². The highest BCUT2D eigenvalue weighted by atomic mass is 19.4. The van der Waals surface area contributed by atoms with Gasteiger partial charge in [0, 0.05) is 18.7 Å². The van der Waals surface area contributed by atoms with Crippen molar-refractivity contribution in [2.24, 2.45) is 5.16 Å². The van der Waals surface area contributed by atoms with Gasteiger partial charge in [0.05, 0.1) is 11.3 Å². The van der Waals surface area contributed by atoms with Crippen LogP contribution in [0.1, 0.15) is 22.3 Å². The van der Waals surface area contributed by atoms with Crippen molar-refractivity contribution < 1.29 is 32.6 Å². The first kappa shape index (κ1) is 22.8. The van der Waals surface area contributed by atoms with E-state index in [9.17, 15) is 18.0 Å². The standard InChI is InChI=1S/C23H19F3N2O4/c24-23(25,26)19-9-6-16(7-10-19)14-32-28-20(18-4-2-1-3-5-18)12-17-8-11-21(27-13-17)31-15-22(29)30/h1-11,13H,12,14-15H2,(H,29,30). The summed E-state index contributed by atoms with van der Waals surface area (Å²) in [4.78, 5) is 20.1. The third-order valence-electron chi connectivity index (χ3n) is 4.31. The zero-order valence-electron chi connectivity index (χ0n) is 16.7. The number of alkyl halides is 3. The summed E-state index contributed by atoms with van der Waals surface area (Å²) in [5.74, 6) is -0.910. The normalized spacial score (nSPS) is 11.8. The van der Waals surface area contributed by atoms with E-state index >= 15 is 0 Å². The van der Waals surface area contributed by atoms with Crippen LogP contribution in [0, 0.1) is 0 Å². The molecule has 1 aromatic heterocycles. The van der Waals surface area contributed by atoms with Gasteiger partial charge in [0.2, 0.25) is 5.88 Å². The van der Waals surface area contributed by atoms with E-state index in [4.69, 9.17) is 14.7 Å². The monoisotopic (exact) mass is 444 g/mol. The summed E-state index contributed by atoms with van der Waals surface area (Å²) < 4.78 is 43.1. The fraction of sp³-hybridized carbons (Fsp3) is 0.174. The van der Waals surface area contributed by atoms with Gasteiger partial charge in [-0.25, -0.2) is 9.78 Å². The van der Waals surface area contributed by atoms with E-state index in [0.29, 0.717) is 17.7 Å². The molecule has 0 saturated heterocycles. The Hall–Kier alpha value is -3.88. The second-order valence-electron chi connectivity index (χ2n) is 6.74. The van der Waals surface area contributed by atoms with Gasteiger partial charge in [-0.3, -0.25) is 0 Å². The van der Waals surface area contributed by atoms with Crippen LogP contribution in [0.5, 0.6) is 5.88 Å². The average molecular weight is 444 g/mol. The van der Waals surface area contributed by atoms with Crippen LogP contribution in [0.15, 0.2) is 78.1 Å². The number of nitrogens with zero attached hydrogens (tertiary/aromatic N) is 2. The van der Waals surface area contributed by atoms with Crippen LogP contribution >= 0.6 is 0 Å². The number of hydrogen-bond donors (Lipinski definition) is 1. The number of halogens is 3. The SMILES string of the molecule is O=C(O)COc1ccc(CC(=NOCc2ccc(C(F)(F)F)cc2)c2ccccc2)cn1. The molecule has 9 heteroatoms. The molecule has 3 aromatic rings. The second-order valence-corrected chi connectivity index (χ2v) is 6.74. The third-order valence-corrected chi connectivity index (χ3v) is 4.31. The van der Waals surface area contributed by atoms with Crippen LogP contribution < -0.4 is 4.74 Å². The molecule has 0 aliphatic heterocycles. The molecule has 166 valence electrons. The first-order chi connectivity index (χ1) is 15.3. The van der Waals surface area contributed by atoms with E-state index < -0.39 is 24.3 Å². The van der Waals surface area contributed by atoms with Crippen molar-refractivity contribution in [2.45, 2.75) is 19.2 Å². The Morgan fingerprint density at radius 3 is 2.25 bits per heavy atom. The van der Waals surface area contributed by atoms with Crippen LogP contribution in [0.3, 0.4) is 0 Å². The smallest absolute Gasteiger partial charge is 0.416 e. The first-order valence-electron chi connectivity index (χ1n) is 9.51. The summed E-state index contributed by atoms with van der Waals surface area (Å²) in [5, 5.41) is 12.9. The van der Waals surface area contributed by atoms with E-state index in [1.165, 1.54) is 12.1 Å². The minimum Gasteiger partial charge on any atom is -0.479 e. The van der Waals surface area contributed by atoms with E-state index in [-0.39, 0.29) is 12.5 Å². The molecule has 0 aliphatic carbocycles. The van der Waals surface area contributed by atoms with Gasteiger partial charge in [-0.15, -0.1) is 0 Å². The summed E-state index contributed by atoms with van der Waals surface area (Å²) in [6, 6.07) is 17.3. The molecule has 0 amide bonds. The van der Waals surface area contributed by atoms with Crippen molar-refractivity contribution in [2.75, 3.05) is 6.61 Å². The quantitative estimate of drug-likeness (QED) is 0.381. The molecular formula is C23H19F3N2O4. The molecule has 0 radical (unpaired) electrons. The van der Waals surface area contributed by atoms with Crippen LogP contribution in [-0.4, -0.2) is 28.4 Å². The number of oxime groups is 1. The molecule has 6 nitrogen and oxygen atoms in total. The number of hydrogen-bond acceptors (Lipinski definition) is 5. The highest BCUT2D eigenvalue weighted by Crippen LogP contribution is 2.29. The molecular weight excluding hydrogens is 425 g/mol. The number of pyridine rings is 1. The number of carboxylic acid groups (broad SMARTS) is 1. The predicted octanol–water partition coefficient (Wildman–Crippen LogP) is 4.73. The number of aromatic nitrogens is 1. The van der Waals surface area contributed by atoms with Crippen LogP contribution in [-0.2, 0) is 28.8 Å². The molecule has 0 spiro atoms. The minimum atomic E-state index is -4.39. The Morgan fingerprint density at radius 2 is 1.66 bits per heavy atom. The average Bonchev–Trinajstić information content (AvgIpc) is 2.78. The lowest BCUT2D eigenvalue weighted by Gasteiger charge is -2.09. The number of benzene rings is 2. The van der Waals surface area contributed by atoms with E-state index in [1.54, 1.807) is 18.3 Å².